The zero-order chi connectivity index (χ0) is 13.1. The molecule has 2 aromatic rings. The van der Waals surface area contributed by atoms with Gasteiger partial charge in [-0.05, 0) is 0 Å². The highest BCUT2D eigenvalue weighted by atomic mass is 127. The highest BCUT2D eigenvalue weighted by Crippen LogP contribution is 2.20. The molecule has 0 aromatic carbocycles. The summed E-state index contributed by atoms with van der Waals surface area (Å²) < 4.78 is 1.61. The summed E-state index contributed by atoms with van der Waals surface area (Å²) in [7, 11) is 0. The van der Waals surface area contributed by atoms with E-state index in [0.29, 0.717) is 34.4 Å². The number of nitrogens with one attached hydrogen (secondary N) is 1. The van der Waals surface area contributed by atoms with E-state index < -0.39 is 0 Å². The van der Waals surface area contributed by atoms with Crippen LogP contribution in [-0.2, 0) is 4.79 Å². The lowest BCUT2D eigenvalue weighted by atomic mass is 10.5. The number of hydrogen-bond donors (Lipinski definition) is 2. The third kappa shape index (κ3) is 3.02. The number of aromatic amines is 1. The number of nitrogen functional groups attached to an aromatic ring is 1. The van der Waals surface area contributed by atoms with Crippen molar-refractivity contribution >= 4 is 57.5 Å². The van der Waals surface area contributed by atoms with Crippen LogP contribution in [0.25, 0.3) is 11.2 Å². The summed E-state index contributed by atoms with van der Waals surface area (Å²) in [6.45, 7) is 2.16. The van der Waals surface area contributed by atoms with Crippen LogP contribution in [0.1, 0.15) is 6.92 Å². The molecule has 9 heteroatoms. The lowest BCUT2D eigenvalue weighted by Gasteiger charge is -2.10. The Kier molecular flexibility index (Phi) is 4.22. The maximum absolute atomic E-state index is 11.0. The van der Waals surface area contributed by atoms with Crippen molar-refractivity contribution in [1.82, 2.24) is 23.0 Å². The van der Waals surface area contributed by atoms with E-state index in [-0.39, 0.29) is 5.91 Å². The molecule has 0 unspecified atom stereocenters. The number of imidazole rings is 1. The summed E-state index contributed by atoms with van der Waals surface area (Å²) in [6.07, 6.45) is 1.53. The SMILES string of the molecule is CC(=O)N(I)CCSc1nc(N)c2[nH]cnc2n1. The quantitative estimate of drug-likeness (QED) is 0.359. The second-order valence-electron chi connectivity index (χ2n) is 3.45. The molecule has 96 valence electrons. The van der Waals surface area contributed by atoms with Gasteiger partial charge in [-0.15, -0.1) is 0 Å². The highest BCUT2D eigenvalue weighted by molar-refractivity contribution is 14.1. The van der Waals surface area contributed by atoms with Gasteiger partial charge in [0.25, 0.3) is 0 Å². The summed E-state index contributed by atoms with van der Waals surface area (Å²) >= 11 is 3.43. The molecule has 2 aromatic heterocycles. The third-order valence-corrected chi connectivity index (χ3v) is 4.14. The largest absolute Gasteiger partial charge is 0.382 e. The number of thioether (sulfide) groups is 1. The second kappa shape index (κ2) is 5.69. The Bertz CT molecular complexity index is 573. The summed E-state index contributed by atoms with van der Waals surface area (Å²) in [5.41, 5.74) is 6.99. The van der Waals surface area contributed by atoms with Crippen molar-refractivity contribution in [3.05, 3.63) is 6.33 Å². The molecule has 0 aliphatic carbocycles. The summed E-state index contributed by atoms with van der Waals surface area (Å²) in [5, 5.41) is 0.570. The summed E-state index contributed by atoms with van der Waals surface area (Å²) in [6, 6.07) is 0. The smallest absolute Gasteiger partial charge is 0.228 e. The topological polar surface area (TPSA) is 101 Å². The second-order valence-corrected chi connectivity index (χ2v) is 5.67. The molecule has 0 spiro atoms. The first-order chi connectivity index (χ1) is 8.58. The van der Waals surface area contributed by atoms with E-state index >= 15 is 0 Å². The fourth-order valence-electron chi connectivity index (χ4n) is 1.27. The molecule has 0 bridgehead atoms. The molecule has 18 heavy (non-hydrogen) atoms. The van der Waals surface area contributed by atoms with Crippen LogP contribution in [0.5, 0.6) is 0 Å². The Hall–Kier alpha value is -1.10. The standard InChI is InChI=1S/C9H11IN6OS/c1-5(17)16(10)2-3-18-9-14-7(11)6-8(15-9)13-4-12-6/h4H,2-3H2,1H3,(H3,11,12,13,14,15). The number of amides is 1. The molecular weight excluding hydrogens is 367 g/mol. The van der Waals surface area contributed by atoms with Crippen LogP contribution in [0.2, 0.25) is 0 Å². The molecule has 2 heterocycles. The van der Waals surface area contributed by atoms with Gasteiger partial charge in [-0.3, -0.25) is 7.91 Å². The van der Waals surface area contributed by atoms with E-state index in [1.807, 2.05) is 22.9 Å². The van der Waals surface area contributed by atoms with Crippen LogP contribution in [0.4, 0.5) is 5.82 Å². The van der Waals surface area contributed by atoms with E-state index in [9.17, 15) is 4.79 Å². The van der Waals surface area contributed by atoms with Gasteiger partial charge >= 0.3 is 0 Å². The van der Waals surface area contributed by atoms with Crippen LogP contribution >= 0.6 is 34.6 Å². The Morgan fingerprint density at radius 1 is 1.61 bits per heavy atom. The van der Waals surface area contributed by atoms with E-state index in [4.69, 9.17) is 5.73 Å². The van der Waals surface area contributed by atoms with Gasteiger partial charge in [0.05, 0.1) is 29.2 Å². The normalized spacial score (nSPS) is 10.8. The number of hydrogen-bond acceptors (Lipinski definition) is 6. The van der Waals surface area contributed by atoms with Gasteiger partial charge < -0.3 is 10.7 Å². The van der Waals surface area contributed by atoms with Crippen molar-refractivity contribution in [3.8, 4) is 0 Å². The number of nitrogens with two attached hydrogens (primary N) is 1. The zero-order valence-electron chi connectivity index (χ0n) is 9.55. The Morgan fingerprint density at radius 2 is 2.39 bits per heavy atom. The average Bonchev–Trinajstić information content (AvgIpc) is 2.77. The number of fused-ring (bicyclic) bond motifs is 1. The van der Waals surface area contributed by atoms with Crippen LogP contribution in [-0.4, -0.2) is 41.3 Å². The van der Waals surface area contributed by atoms with Crippen molar-refractivity contribution in [3.63, 3.8) is 0 Å². The van der Waals surface area contributed by atoms with Gasteiger partial charge in [-0.2, -0.15) is 0 Å². The van der Waals surface area contributed by atoms with Crippen LogP contribution in [0.15, 0.2) is 11.5 Å². The lowest BCUT2D eigenvalue weighted by Crippen LogP contribution is -2.19. The minimum Gasteiger partial charge on any atom is -0.382 e. The number of halogens is 1. The van der Waals surface area contributed by atoms with Gasteiger partial charge in [0.15, 0.2) is 16.6 Å². The predicted molar refractivity (Wildman–Crippen MR) is 78.2 cm³/mol. The number of carbonyl (C=O) groups is 1. The number of carbonyl (C=O) groups excluding carboxylic acids is 1. The first-order valence-corrected chi connectivity index (χ1v) is 7.06. The number of rotatable bonds is 4. The van der Waals surface area contributed by atoms with Gasteiger partial charge in [0.1, 0.15) is 5.52 Å². The number of nitrogens with zero attached hydrogens (tertiary/aromatic N) is 4. The molecule has 0 aliphatic rings. The fraction of sp³-hybridized carbons (Fsp3) is 0.333. The molecule has 0 saturated heterocycles. The van der Waals surface area contributed by atoms with Gasteiger partial charge in [-0.25, -0.2) is 15.0 Å². The van der Waals surface area contributed by atoms with Crippen LogP contribution in [0.3, 0.4) is 0 Å². The molecule has 1 amide bonds. The van der Waals surface area contributed by atoms with E-state index in [2.05, 4.69) is 19.9 Å². The first kappa shape index (κ1) is 13.3. The van der Waals surface area contributed by atoms with Crippen molar-refractivity contribution in [2.75, 3.05) is 18.0 Å². The number of H-pyrrole nitrogens is 1. The maximum Gasteiger partial charge on any atom is 0.228 e. The van der Waals surface area contributed by atoms with E-state index in [1.54, 1.807) is 3.11 Å². The molecule has 7 nitrogen and oxygen atoms in total. The highest BCUT2D eigenvalue weighted by Gasteiger charge is 2.09. The molecule has 2 rings (SSSR count). The molecule has 0 atom stereocenters. The molecule has 3 N–H and O–H groups in total. The average molecular weight is 378 g/mol. The monoisotopic (exact) mass is 378 g/mol. The van der Waals surface area contributed by atoms with Crippen molar-refractivity contribution in [1.29, 1.82) is 0 Å². The van der Waals surface area contributed by atoms with Crippen molar-refractivity contribution < 1.29 is 4.79 Å². The van der Waals surface area contributed by atoms with E-state index in [0.717, 1.165) is 0 Å². The Balaban J connectivity index is 2.01. The summed E-state index contributed by atoms with van der Waals surface area (Å²) in [5.74, 6) is 1.12. The number of anilines is 1. The Labute approximate surface area is 121 Å². The van der Waals surface area contributed by atoms with Gasteiger partial charge in [0, 0.05) is 19.2 Å². The van der Waals surface area contributed by atoms with Gasteiger partial charge in [0.2, 0.25) is 5.91 Å². The third-order valence-electron chi connectivity index (χ3n) is 2.15. The van der Waals surface area contributed by atoms with Crippen LogP contribution < -0.4 is 5.73 Å². The van der Waals surface area contributed by atoms with Crippen molar-refractivity contribution in [2.24, 2.45) is 0 Å². The Morgan fingerprint density at radius 3 is 3.11 bits per heavy atom. The van der Waals surface area contributed by atoms with Crippen molar-refractivity contribution in [2.45, 2.75) is 12.1 Å². The summed E-state index contributed by atoms with van der Waals surface area (Å²) in [4.78, 5) is 26.4. The molecule has 0 saturated carbocycles. The lowest BCUT2D eigenvalue weighted by molar-refractivity contribution is -0.122. The fourth-order valence-corrected chi connectivity index (χ4v) is 2.61. The number of aromatic nitrogens is 4. The minimum absolute atomic E-state index is 0.0272. The molecule has 0 aliphatic heterocycles. The minimum atomic E-state index is 0.0272. The molecule has 0 fully saturated rings. The first-order valence-electron chi connectivity index (χ1n) is 5.11. The van der Waals surface area contributed by atoms with E-state index in [1.165, 1.54) is 25.0 Å². The van der Waals surface area contributed by atoms with Crippen LogP contribution in [0, 0.1) is 0 Å². The zero-order valence-corrected chi connectivity index (χ0v) is 12.5. The predicted octanol–water partition coefficient (Wildman–Crippen LogP) is 1.23. The molecule has 0 radical (unpaired) electrons. The maximum atomic E-state index is 11.0. The molecular formula is C9H11IN6OS. The van der Waals surface area contributed by atoms with Gasteiger partial charge in [-0.1, -0.05) is 11.8 Å².